The first kappa shape index (κ1) is 24.8. The van der Waals surface area contributed by atoms with Gasteiger partial charge in [-0.05, 0) is 37.1 Å². The van der Waals surface area contributed by atoms with E-state index in [4.69, 9.17) is 9.72 Å². The molecule has 8 nitrogen and oxygen atoms in total. The molecule has 0 atom stereocenters. The number of rotatable bonds is 9. The highest BCUT2D eigenvalue weighted by atomic mass is 28.3. The average molecular weight is 492 g/mol. The van der Waals surface area contributed by atoms with Gasteiger partial charge in [0.25, 0.3) is 5.91 Å². The first-order valence-electron chi connectivity index (χ1n) is 12.0. The van der Waals surface area contributed by atoms with Crippen molar-refractivity contribution >= 4 is 36.7 Å². The number of hydrogen-bond acceptors (Lipinski definition) is 5. The van der Waals surface area contributed by atoms with Crippen LogP contribution in [0.2, 0.25) is 25.7 Å². The van der Waals surface area contributed by atoms with Gasteiger partial charge >= 0.3 is 0 Å². The largest absolute Gasteiger partial charge is 0.361 e. The first-order valence-corrected chi connectivity index (χ1v) is 15.7. The molecule has 2 amide bonds. The molecule has 0 bridgehead atoms. The molecule has 1 aromatic carbocycles. The van der Waals surface area contributed by atoms with Crippen LogP contribution in [0, 0.1) is 0 Å². The molecule has 2 aromatic heterocycles. The number of nitrogens with one attached hydrogen (secondary N) is 1. The molecular formula is C26H33N5O3Si. The Kier molecular flexibility index (Phi) is 7.47. The van der Waals surface area contributed by atoms with Crippen LogP contribution in [0.3, 0.4) is 0 Å². The van der Waals surface area contributed by atoms with Gasteiger partial charge in [-0.2, -0.15) is 0 Å². The van der Waals surface area contributed by atoms with Crippen LogP contribution in [0.1, 0.15) is 23.2 Å². The summed E-state index contributed by atoms with van der Waals surface area (Å²) in [4.78, 5) is 36.5. The first-order chi connectivity index (χ1) is 16.7. The molecule has 3 heterocycles. The predicted molar refractivity (Wildman–Crippen MR) is 141 cm³/mol. The monoisotopic (exact) mass is 491 g/mol. The number of carbonyl (C=O) groups excluding carboxylic acids is 2. The Morgan fingerprint density at radius 2 is 2.00 bits per heavy atom. The maximum Gasteiger partial charge on any atom is 0.257 e. The van der Waals surface area contributed by atoms with Gasteiger partial charge < -0.3 is 19.5 Å². The van der Waals surface area contributed by atoms with E-state index in [1.54, 1.807) is 12.3 Å². The lowest BCUT2D eigenvalue weighted by molar-refractivity contribution is -0.111. The van der Waals surface area contributed by atoms with Gasteiger partial charge in [-0.15, -0.1) is 0 Å². The summed E-state index contributed by atoms with van der Waals surface area (Å²) in [7, 11) is -1.20. The molecule has 1 fully saturated rings. The van der Waals surface area contributed by atoms with Crippen LogP contribution in [0.4, 0.5) is 5.69 Å². The van der Waals surface area contributed by atoms with Crippen molar-refractivity contribution < 1.29 is 14.3 Å². The number of fused-ring (bicyclic) bond motifs is 1. The number of ether oxygens (including phenoxy) is 1. The number of likely N-dealkylation sites (tertiary alicyclic amines) is 1. The van der Waals surface area contributed by atoms with Crippen LogP contribution in [-0.2, 0) is 16.3 Å². The minimum absolute atomic E-state index is 0.0215. The summed E-state index contributed by atoms with van der Waals surface area (Å²) in [6.07, 6.45) is 6.78. The molecular weight excluding hydrogens is 458 g/mol. The average Bonchev–Trinajstić information content (AvgIpc) is 3.49. The highest BCUT2D eigenvalue weighted by molar-refractivity contribution is 6.76. The molecule has 1 aliphatic rings. The summed E-state index contributed by atoms with van der Waals surface area (Å²) >= 11 is 0. The molecule has 1 N–H and O–H groups in total. The maximum absolute atomic E-state index is 13.3. The van der Waals surface area contributed by atoms with Gasteiger partial charge in [0.1, 0.15) is 12.2 Å². The van der Waals surface area contributed by atoms with Crippen LogP contribution in [0.5, 0.6) is 0 Å². The molecule has 35 heavy (non-hydrogen) atoms. The van der Waals surface area contributed by atoms with Crippen LogP contribution in [0.15, 0.2) is 49.3 Å². The number of aromatic nitrogens is 3. The fraction of sp³-hybridized carbons (Fsp3) is 0.385. The zero-order chi connectivity index (χ0) is 25.0. The molecule has 0 unspecified atom stereocenters. The lowest BCUT2D eigenvalue weighted by atomic mass is 10.1. The van der Waals surface area contributed by atoms with E-state index in [-0.39, 0.29) is 11.8 Å². The van der Waals surface area contributed by atoms with Gasteiger partial charge in [-0.3, -0.25) is 9.59 Å². The van der Waals surface area contributed by atoms with Gasteiger partial charge in [-0.1, -0.05) is 38.4 Å². The third kappa shape index (κ3) is 6.04. The molecule has 3 aromatic rings. The van der Waals surface area contributed by atoms with Crippen LogP contribution < -0.4 is 5.32 Å². The maximum atomic E-state index is 13.3. The summed E-state index contributed by atoms with van der Waals surface area (Å²) in [5.74, 6) is -0.305. The number of hydrogen-bond donors (Lipinski definition) is 1. The van der Waals surface area contributed by atoms with E-state index in [9.17, 15) is 9.59 Å². The van der Waals surface area contributed by atoms with Gasteiger partial charge in [0, 0.05) is 45.2 Å². The third-order valence-corrected chi connectivity index (χ3v) is 7.73. The number of nitrogens with zero attached hydrogens (tertiary/aromatic N) is 4. The van der Waals surface area contributed by atoms with Crippen molar-refractivity contribution in [3.05, 3.63) is 54.9 Å². The Balaban J connectivity index is 1.67. The SMILES string of the molecule is C=CC(=O)Nc1cccc(-c2cnc3c(n2)c(C(=O)N2CCCC2)cn3COCC[Si](C)(C)C)c1. The van der Waals surface area contributed by atoms with Crippen LogP contribution >= 0.6 is 0 Å². The summed E-state index contributed by atoms with van der Waals surface area (Å²) < 4.78 is 7.83. The summed E-state index contributed by atoms with van der Waals surface area (Å²) in [5.41, 5.74) is 3.78. The molecule has 9 heteroatoms. The highest BCUT2D eigenvalue weighted by Gasteiger charge is 2.25. The summed E-state index contributed by atoms with van der Waals surface area (Å²) in [6.45, 7) is 13.0. The number of anilines is 1. The van der Waals surface area contributed by atoms with Crippen molar-refractivity contribution in [2.24, 2.45) is 0 Å². The predicted octanol–water partition coefficient (Wildman–Crippen LogP) is 4.77. The highest BCUT2D eigenvalue weighted by Crippen LogP contribution is 2.26. The van der Waals surface area contributed by atoms with Gasteiger partial charge in [-0.25, -0.2) is 9.97 Å². The fourth-order valence-corrected chi connectivity index (χ4v) is 4.78. The Morgan fingerprint density at radius 3 is 2.71 bits per heavy atom. The molecule has 4 rings (SSSR count). The standard InChI is InChI=1S/C26H33N5O3Si/c1-5-23(32)28-20-10-8-9-19(15-20)22-16-27-25-24(29-22)21(26(33)30-11-6-7-12-30)17-31(25)18-34-13-14-35(2,3)4/h5,8-10,15-17H,1,6-7,11-14,18H2,2-4H3,(H,28,32). The third-order valence-electron chi connectivity index (χ3n) is 6.03. The minimum atomic E-state index is -1.20. The molecule has 1 saturated heterocycles. The molecule has 0 spiro atoms. The zero-order valence-electron chi connectivity index (χ0n) is 20.7. The zero-order valence-corrected chi connectivity index (χ0v) is 21.7. The Hall–Kier alpha value is -3.30. The number of benzene rings is 1. The van der Waals surface area contributed by atoms with Gasteiger partial charge in [0.05, 0.1) is 17.5 Å². The van der Waals surface area contributed by atoms with Gasteiger partial charge in [0.2, 0.25) is 5.91 Å². The second-order valence-corrected chi connectivity index (χ2v) is 15.7. The van der Waals surface area contributed by atoms with Crippen molar-refractivity contribution in [3.8, 4) is 11.3 Å². The number of amides is 2. The molecule has 0 saturated carbocycles. The second kappa shape index (κ2) is 10.5. The van der Waals surface area contributed by atoms with E-state index in [0.29, 0.717) is 41.4 Å². The molecule has 0 aliphatic carbocycles. The Bertz CT molecular complexity index is 1240. The smallest absolute Gasteiger partial charge is 0.257 e. The van der Waals surface area contributed by atoms with E-state index in [1.165, 1.54) is 6.08 Å². The Labute approximate surface area is 207 Å². The summed E-state index contributed by atoms with van der Waals surface area (Å²) in [6, 6.07) is 8.44. The fourth-order valence-electron chi connectivity index (χ4n) is 4.03. The van der Waals surface area contributed by atoms with Crippen molar-refractivity contribution in [2.45, 2.75) is 45.3 Å². The molecule has 184 valence electrons. The lowest BCUT2D eigenvalue weighted by Crippen LogP contribution is -2.27. The van der Waals surface area contributed by atoms with E-state index in [0.717, 1.165) is 37.5 Å². The van der Waals surface area contributed by atoms with Crippen molar-refractivity contribution in [1.29, 1.82) is 0 Å². The molecule has 0 radical (unpaired) electrons. The minimum Gasteiger partial charge on any atom is -0.361 e. The Morgan fingerprint density at radius 1 is 1.23 bits per heavy atom. The van der Waals surface area contributed by atoms with Crippen molar-refractivity contribution in [2.75, 3.05) is 25.0 Å². The van der Waals surface area contributed by atoms with E-state index < -0.39 is 8.07 Å². The van der Waals surface area contributed by atoms with E-state index >= 15 is 0 Å². The molecule has 1 aliphatic heterocycles. The topological polar surface area (TPSA) is 89.4 Å². The lowest BCUT2D eigenvalue weighted by Gasteiger charge is -2.15. The van der Waals surface area contributed by atoms with Crippen molar-refractivity contribution in [3.63, 3.8) is 0 Å². The van der Waals surface area contributed by atoms with Gasteiger partial charge in [0.15, 0.2) is 5.65 Å². The van der Waals surface area contributed by atoms with Crippen LogP contribution in [0.25, 0.3) is 22.4 Å². The number of carbonyl (C=O) groups is 2. The normalized spacial score (nSPS) is 13.9. The van der Waals surface area contributed by atoms with Crippen molar-refractivity contribution in [1.82, 2.24) is 19.4 Å². The van der Waals surface area contributed by atoms with E-state index in [2.05, 4.69) is 36.5 Å². The quantitative estimate of drug-likeness (QED) is 0.265. The van der Waals surface area contributed by atoms with E-state index in [1.807, 2.05) is 33.9 Å². The summed E-state index contributed by atoms with van der Waals surface area (Å²) in [5, 5.41) is 2.77. The van der Waals surface area contributed by atoms with Crippen LogP contribution in [-0.4, -0.2) is 59.0 Å². The second-order valence-electron chi connectivity index (χ2n) is 10.1.